The summed E-state index contributed by atoms with van der Waals surface area (Å²) in [4.78, 5) is 36.0. The predicted molar refractivity (Wildman–Crippen MR) is 71.3 cm³/mol. The van der Waals surface area contributed by atoms with Gasteiger partial charge in [-0.05, 0) is 0 Å². The molecule has 0 aromatic heterocycles. The largest absolute Gasteiger partial charge is 0.481 e. The summed E-state index contributed by atoms with van der Waals surface area (Å²) in [5.41, 5.74) is 9.81. The van der Waals surface area contributed by atoms with E-state index >= 15 is 0 Å². The van der Waals surface area contributed by atoms with Crippen LogP contribution in [0.5, 0.6) is 0 Å². The summed E-state index contributed by atoms with van der Waals surface area (Å²) in [6.07, 6.45) is 0. The van der Waals surface area contributed by atoms with Gasteiger partial charge in [0.1, 0.15) is 0 Å². The number of aliphatic carboxylic acids is 4. The van der Waals surface area contributed by atoms with E-state index in [9.17, 15) is 0 Å². The van der Waals surface area contributed by atoms with Crippen LogP contribution < -0.4 is 11.5 Å². The van der Waals surface area contributed by atoms with Crippen molar-refractivity contribution in [1.82, 2.24) is 0 Å². The van der Waals surface area contributed by atoms with Gasteiger partial charge in [0.2, 0.25) is 0 Å². The van der Waals surface area contributed by atoms with Crippen LogP contribution in [0.1, 0.15) is 27.7 Å². The van der Waals surface area contributed by atoms with Crippen LogP contribution in [-0.2, 0) is 36.5 Å². The molecule has 11 heteroatoms. The fourth-order valence-corrected chi connectivity index (χ4v) is 0. The second kappa shape index (κ2) is 36.2. The average Bonchev–Trinajstić information content (AvgIpc) is 2.13. The van der Waals surface area contributed by atoms with Gasteiger partial charge >= 0.3 is 0 Å². The van der Waals surface area contributed by atoms with Gasteiger partial charge in [-0.3, -0.25) is 19.2 Å². The summed E-state index contributed by atoms with van der Waals surface area (Å²) in [5.74, 6) is -3.33. The average molecular weight is 352 g/mol. The summed E-state index contributed by atoms with van der Waals surface area (Å²) in [6.45, 7) is 5.53. The molecule has 128 valence electrons. The minimum atomic E-state index is -0.833. The number of rotatable bonds is 1. The van der Waals surface area contributed by atoms with Crippen molar-refractivity contribution in [3.63, 3.8) is 0 Å². The molecular formula is C10H24CrN2O8. The summed E-state index contributed by atoms with van der Waals surface area (Å²) >= 11 is 0. The summed E-state index contributed by atoms with van der Waals surface area (Å²) in [7, 11) is 0. The quantitative estimate of drug-likeness (QED) is 0.349. The van der Waals surface area contributed by atoms with Crippen LogP contribution >= 0.6 is 0 Å². The molecule has 0 rings (SSSR count). The minimum Gasteiger partial charge on any atom is -0.481 e. The zero-order chi connectivity index (χ0) is 17.7. The Morgan fingerprint density at radius 1 is 0.619 bits per heavy atom. The second-order valence-corrected chi connectivity index (χ2v) is 2.65. The smallest absolute Gasteiger partial charge is 0.300 e. The molecule has 0 aliphatic rings. The number of carboxylic acids is 4. The molecule has 0 saturated heterocycles. The first-order valence-corrected chi connectivity index (χ1v) is 5.03. The number of nitrogens with two attached hydrogens (primary N) is 2. The van der Waals surface area contributed by atoms with Gasteiger partial charge in [0.25, 0.3) is 23.9 Å². The van der Waals surface area contributed by atoms with Crippen LogP contribution in [0.25, 0.3) is 0 Å². The van der Waals surface area contributed by atoms with Gasteiger partial charge in [0, 0.05) is 58.1 Å². The summed E-state index contributed by atoms with van der Waals surface area (Å²) in [6, 6.07) is 0. The third kappa shape index (κ3) is 11000. The monoisotopic (exact) mass is 352 g/mol. The first-order valence-electron chi connectivity index (χ1n) is 5.03. The molecule has 0 amide bonds. The van der Waals surface area contributed by atoms with E-state index < -0.39 is 23.9 Å². The number of hydrogen-bond acceptors (Lipinski definition) is 6. The van der Waals surface area contributed by atoms with E-state index in [-0.39, 0.29) is 17.4 Å². The van der Waals surface area contributed by atoms with Gasteiger partial charge < -0.3 is 31.9 Å². The number of hydrogen-bond donors (Lipinski definition) is 6. The van der Waals surface area contributed by atoms with Gasteiger partial charge in [-0.15, -0.1) is 0 Å². The summed E-state index contributed by atoms with van der Waals surface area (Å²) in [5, 5.41) is 29.7. The molecule has 0 unspecified atom stereocenters. The Labute approximate surface area is 133 Å². The topological polar surface area (TPSA) is 201 Å². The second-order valence-electron chi connectivity index (χ2n) is 2.65. The van der Waals surface area contributed by atoms with Crippen molar-refractivity contribution in [3.8, 4) is 0 Å². The van der Waals surface area contributed by atoms with E-state index in [1.54, 1.807) is 0 Å². The van der Waals surface area contributed by atoms with Crippen molar-refractivity contribution in [2.45, 2.75) is 27.7 Å². The van der Waals surface area contributed by atoms with Crippen molar-refractivity contribution in [1.29, 1.82) is 0 Å². The van der Waals surface area contributed by atoms with E-state index in [1.165, 1.54) is 0 Å². The molecule has 0 aliphatic carbocycles. The summed E-state index contributed by atoms with van der Waals surface area (Å²) < 4.78 is 0. The van der Waals surface area contributed by atoms with E-state index in [0.717, 1.165) is 27.7 Å². The molecule has 21 heavy (non-hydrogen) atoms. The Kier molecular flexibility index (Phi) is 63.0. The van der Waals surface area contributed by atoms with Gasteiger partial charge in [-0.25, -0.2) is 0 Å². The van der Waals surface area contributed by atoms with Gasteiger partial charge in [0.05, 0.1) is 0 Å². The normalized spacial score (nSPS) is 6.19. The molecule has 0 atom stereocenters. The molecule has 8 N–H and O–H groups in total. The maximum absolute atomic E-state index is 9.00. The molecule has 0 aliphatic heterocycles. The molecule has 0 fully saturated rings. The molecule has 0 aromatic rings. The van der Waals surface area contributed by atoms with Crippen LogP contribution in [0.15, 0.2) is 0 Å². The Hall–Kier alpha value is -1.67. The van der Waals surface area contributed by atoms with Crippen molar-refractivity contribution in [3.05, 3.63) is 0 Å². The molecule has 0 aromatic carbocycles. The SMILES string of the molecule is CC(=O)O.CC(=O)O.CC(=O)O.CC(=O)O.NCCN.[Cr]. The Morgan fingerprint density at radius 3 is 0.667 bits per heavy atom. The maximum atomic E-state index is 9.00. The fraction of sp³-hybridized carbons (Fsp3) is 0.600. The van der Waals surface area contributed by atoms with Gasteiger partial charge in [-0.2, -0.15) is 0 Å². The van der Waals surface area contributed by atoms with E-state index in [0.29, 0.717) is 13.1 Å². The number of carbonyl (C=O) groups is 4. The Bertz CT molecular complexity index is 195. The third-order valence-electron chi connectivity index (χ3n) is 0.167. The van der Waals surface area contributed by atoms with Crippen molar-refractivity contribution in [2.24, 2.45) is 11.5 Å². The van der Waals surface area contributed by atoms with Gasteiger partial charge in [0.15, 0.2) is 0 Å². The standard InChI is InChI=1S/C2H8N2.4C2H4O2.Cr/c3-1-2-4;4*1-2(3)4;/h1-4H2;4*1H3,(H,3,4);. The first-order chi connectivity index (χ1) is 8.84. The molecule has 0 bridgehead atoms. The zero-order valence-electron chi connectivity index (χ0n) is 12.4. The molecule has 0 saturated carbocycles. The van der Waals surface area contributed by atoms with Crippen molar-refractivity contribution < 1.29 is 57.0 Å². The van der Waals surface area contributed by atoms with Crippen LogP contribution in [0.2, 0.25) is 0 Å². The van der Waals surface area contributed by atoms with Crippen LogP contribution in [0.4, 0.5) is 0 Å². The predicted octanol–water partition coefficient (Wildman–Crippen LogP) is -0.735. The van der Waals surface area contributed by atoms with Crippen LogP contribution in [0, 0.1) is 0 Å². The minimum absolute atomic E-state index is 0. The maximum Gasteiger partial charge on any atom is 0.300 e. The van der Waals surface area contributed by atoms with E-state index in [2.05, 4.69) is 0 Å². The van der Waals surface area contributed by atoms with E-state index in [1.807, 2.05) is 0 Å². The van der Waals surface area contributed by atoms with Crippen molar-refractivity contribution in [2.75, 3.05) is 13.1 Å². The molecular weight excluding hydrogens is 328 g/mol. The number of carboxylic acid groups (broad SMARTS) is 4. The third-order valence-corrected chi connectivity index (χ3v) is 0.167. The van der Waals surface area contributed by atoms with Crippen LogP contribution in [0.3, 0.4) is 0 Å². The zero-order valence-corrected chi connectivity index (χ0v) is 13.7. The van der Waals surface area contributed by atoms with Crippen LogP contribution in [-0.4, -0.2) is 57.4 Å². The fourth-order valence-electron chi connectivity index (χ4n) is 0. The Morgan fingerprint density at radius 2 is 0.667 bits per heavy atom. The first kappa shape index (κ1) is 36.6. The molecule has 10 nitrogen and oxygen atoms in total. The van der Waals surface area contributed by atoms with E-state index in [4.69, 9.17) is 51.1 Å². The molecule has 0 spiro atoms. The Balaban J connectivity index is -0.0000000331. The molecule has 0 heterocycles. The molecule has 0 radical (unpaired) electrons. The van der Waals surface area contributed by atoms with Crippen molar-refractivity contribution >= 4 is 23.9 Å². The van der Waals surface area contributed by atoms with Gasteiger partial charge in [-0.1, -0.05) is 0 Å².